The second kappa shape index (κ2) is 7.75. The number of nitrogens with one attached hydrogen (secondary N) is 2. The summed E-state index contributed by atoms with van der Waals surface area (Å²) in [5.41, 5.74) is 1.85. The van der Waals surface area contributed by atoms with Gasteiger partial charge in [-0.15, -0.1) is 0 Å². The Labute approximate surface area is 174 Å². The molecule has 160 valence electrons. The van der Waals surface area contributed by atoms with Gasteiger partial charge in [0, 0.05) is 36.1 Å². The van der Waals surface area contributed by atoms with Crippen molar-refractivity contribution in [3.8, 4) is 0 Å². The molecule has 2 aromatic rings. The number of carbonyl (C=O) groups excluding carboxylic acids is 3. The van der Waals surface area contributed by atoms with Crippen molar-refractivity contribution >= 4 is 38.6 Å². The van der Waals surface area contributed by atoms with Gasteiger partial charge in [-0.3, -0.25) is 14.5 Å². The Morgan fingerprint density at radius 1 is 1.27 bits per heavy atom. The van der Waals surface area contributed by atoms with Crippen molar-refractivity contribution in [1.29, 1.82) is 0 Å². The SMILES string of the molecule is CCN(C(=O)CN1C(=O)N[C@@H](Cc2c[nH]c3ccccc23)C1=O)[C@@H]1CCS(=O)(=O)C1. The van der Waals surface area contributed by atoms with Gasteiger partial charge in [0.1, 0.15) is 12.6 Å². The highest BCUT2D eigenvalue weighted by atomic mass is 32.2. The number of benzene rings is 1. The van der Waals surface area contributed by atoms with Crippen LogP contribution < -0.4 is 5.32 Å². The normalized spacial score (nSPS) is 23.2. The van der Waals surface area contributed by atoms with Gasteiger partial charge in [-0.25, -0.2) is 13.2 Å². The summed E-state index contributed by atoms with van der Waals surface area (Å²) in [4.78, 5) is 43.5. The fraction of sp³-hybridized carbons (Fsp3) is 0.450. The van der Waals surface area contributed by atoms with Gasteiger partial charge in [-0.1, -0.05) is 18.2 Å². The molecule has 0 radical (unpaired) electrons. The molecule has 4 rings (SSSR count). The van der Waals surface area contributed by atoms with Crippen LogP contribution in [0.25, 0.3) is 10.9 Å². The molecule has 2 aliphatic heterocycles. The van der Waals surface area contributed by atoms with E-state index in [1.807, 2.05) is 30.5 Å². The van der Waals surface area contributed by atoms with Crippen molar-refractivity contribution in [3.63, 3.8) is 0 Å². The molecule has 9 nitrogen and oxygen atoms in total. The van der Waals surface area contributed by atoms with Crippen molar-refractivity contribution in [2.45, 2.75) is 31.8 Å². The number of para-hydroxylation sites is 1. The number of carbonyl (C=O) groups is 3. The third kappa shape index (κ3) is 3.79. The minimum atomic E-state index is -3.15. The molecule has 0 saturated carbocycles. The average molecular weight is 433 g/mol. The van der Waals surface area contributed by atoms with Crippen LogP contribution >= 0.6 is 0 Å². The first-order valence-corrected chi connectivity index (χ1v) is 11.8. The Balaban J connectivity index is 1.44. The molecule has 2 fully saturated rings. The largest absolute Gasteiger partial charge is 0.361 e. The highest BCUT2D eigenvalue weighted by Crippen LogP contribution is 2.22. The van der Waals surface area contributed by atoms with Crippen molar-refractivity contribution < 1.29 is 22.8 Å². The quantitative estimate of drug-likeness (QED) is 0.650. The van der Waals surface area contributed by atoms with E-state index in [2.05, 4.69) is 10.3 Å². The van der Waals surface area contributed by atoms with E-state index in [0.29, 0.717) is 19.4 Å². The van der Waals surface area contributed by atoms with Crippen LogP contribution in [-0.4, -0.2) is 77.7 Å². The third-order valence-corrected chi connectivity index (χ3v) is 7.56. The van der Waals surface area contributed by atoms with E-state index in [1.54, 1.807) is 6.92 Å². The molecule has 0 aliphatic carbocycles. The topological polar surface area (TPSA) is 120 Å². The fourth-order valence-corrected chi connectivity index (χ4v) is 6.00. The van der Waals surface area contributed by atoms with Gasteiger partial charge in [0.15, 0.2) is 9.84 Å². The fourth-order valence-electron chi connectivity index (χ4n) is 4.27. The first-order chi connectivity index (χ1) is 14.3. The number of aromatic amines is 1. The number of rotatable bonds is 6. The molecule has 2 saturated heterocycles. The summed E-state index contributed by atoms with van der Waals surface area (Å²) >= 11 is 0. The van der Waals surface area contributed by atoms with Gasteiger partial charge >= 0.3 is 6.03 Å². The highest BCUT2D eigenvalue weighted by Gasteiger charge is 2.41. The Morgan fingerprint density at radius 3 is 2.73 bits per heavy atom. The van der Waals surface area contributed by atoms with Gasteiger partial charge in [0.2, 0.25) is 5.91 Å². The summed E-state index contributed by atoms with van der Waals surface area (Å²) in [5.74, 6) is -0.891. The summed E-state index contributed by atoms with van der Waals surface area (Å²) < 4.78 is 23.5. The monoisotopic (exact) mass is 432 g/mol. The number of likely N-dealkylation sites (N-methyl/N-ethyl adjacent to an activating group) is 1. The lowest BCUT2D eigenvalue weighted by molar-refractivity contribution is -0.138. The summed E-state index contributed by atoms with van der Waals surface area (Å²) in [7, 11) is -3.15. The lowest BCUT2D eigenvalue weighted by Gasteiger charge is -2.28. The van der Waals surface area contributed by atoms with Crippen molar-refractivity contribution in [1.82, 2.24) is 20.1 Å². The smallest absolute Gasteiger partial charge is 0.325 e. The molecular weight excluding hydrogens is 408 g/mol. The van der Waals surface area contributed by atoms with Gasteiger partial charge in [-0.05, 0) is 25.0 Å². The number of sulfone groups is 1. The molecule has 0 unspecified atom stereocenters. The van der Waals surface area contributed by atoms with Crippen molar-refractivity contribution in [2.75, 3.05) is 24.6 Å². The summed E-state index contributed by atoms with van der Waals surface area (Å²) in [6.07, 6.45) is 2.51. The van der Waals surface area contributed by atoms with E-state index in [0.717, 1.165) is 21.4 Å². The maximum absolute atomic E-state index is 12.8. The highest BCUT2D eigenvalue weighted by molar-refractivity contribution is 7.91. The van der Waals surface area contributed by atoms with Crippen LogP contribution in [0.3, 0.4) is 0 Å². The Kier molecular flexibility index (Phi) is 5.27. The summed E-state index contributed by atoms with van der Waals surface area (Å²) in [5, 5.41) is 3.64. The van der Waals surface area contributed by atoms with E-state index < -0.39 is 39.8 Å². The van der Waals surface area contributed by atoms with Gasteiger partial charge in [0.25, 0.3) is 5.91 Å². The van der Waals surface area contributed by atoms with Gasteiger partial charge in [-0.2, -0.15) is 0 Å². The average Bonchev–Trinajstić information content (AvgIpc) is 3.35. The first-order valence-electron chi connectivity index (χ1n) is 9.96. The molecular formula is C20H24N4O5S. The number of urea groups is 1. The Morgan fingerprint density at radius 2 is 2.03 bits per heavy atom. The number of hydrogen-bond donors (Lipinski definition) is 2. The maximum Gasteiger partial charge on any atom is 0.325 e. The van der Waals surface area contributed by atoms with Crippen LogP contribution in [0.4, 0.5) is 4.79 Å². The molecule has 3 heterocycles. The maximum atomic E-state index is 12.8. The van der Waals surface area contributed by atoms with E-state index in [-0.39, 0.29) is 18.1 Å². The molecule has 2 aliphatic rings. The molecule has 30 heavy (non-hydrogen) atoms. The number of aromatic nitrogens is 1. The summed E-state index contributed by atoms with van der Waals surface area (Å²) in [6.45, 7) is 1.69. The minimum absolute atomic E-state index is 0.0529. The molecule has 1 aromatic carbocycles. The zero-order valence-electron chi connectivity index (χ0n) is 16.6. The molecule has 4 amide bonds. The molecule has 10 heteroatoms. The van der Waals surface area contributed by atoms with Crippen LogP contribution in [0.2, 0.25) is 0 Å². The van der Waals surface area contributed by atoms with Crippen molar-refractivity contribution in [2.24, 2.45) is 0 Å². The number of hydrogen-bond acceptors (Lipinski definition) is 5. The van der Waals surface area contributed by atoms with Crippen LogP contribution in [0.1, 0.15) is 18.9 Å². The zero-order valence-corrected chi connectivity index (χ0v) is 17.4. The molecule has 0 spiro atoms. The van der Waals surface area contributed by atoms with Gasteiger partial charge in [0.05, 0.1) is 11.5 Å². The first kappa shape index (κ1) is 20.4. The molecule has 2 atom stereocenters. The number of H-pyrrole nitrogens is 1. The van der Waals surface area contributed by atoms with Crippen LogP contribution in [0.5, 0.6) is 0 Å². The lowest BCUT2D eigenvalue weighted by Crippen LogP contribution is -2.47. The van der Waals surface area contributed by atoms with E-state index in [9.17, 15) is 22.8 Å². The Hall–Kier alpha value is -2.88. The Bertz CT molecular complexity index is 1110. The lowest BCUT2D eigenvalue weighted by atomic mass is 10.1. The summed E-state index contributed by atoms with van der Waals surface area (Å²) in [6, 6.07) is 5.94. The van der Waals surface area contributed by atoms with E-state index in [4.69, 9.17) is 0 Å². The predicted molar refractivity (Wildman–Crippen MR) is 110 cm³/mol. The minimum Gasteiger partial charge on any atom is -0.361 e. The predicted octanol–water partition coefficient (Wildman–Crippen LogP) is 0.666. The second-order valence-corrected chi connectivity index (χ2v) is 9.96. The number of nitrogens with zero attached hydrogens (tertiary/aromatic N) is 2. The zero-order chi connectivity index (χ0) is 21.5. The van der Waals surface area contributed by atoms with Crippen LogP contribution in [0.15, 0.2) is 30.5 Å². The van der Waals surface area contributed by atoms with Crippen LogP contribution in [0, 0.1) is 0 Å². The number of amides is 4. The third-order valence-electron chi connectivity index (χ3n) is 5.81. The van der Waals surface area contributed by atoms with E-state index in [1.165, 1.54) is 4.90 Å². The van der Waals surface area contributed by atoms with Crippen LogP contribution in [-0.2, 0) is 25.8 Å². The van der Waals surface area contributed by atoms with E-state index >= 15 is 0 Å². The molecule has 0 bridgehead atoms. The van der Waals surface area contributed by atoms with Gasteiger partial charge < -0.3 is 15.2 Å². The number of imide groups is 1. The molecule has 2 N–H and O–H groups in total. The molecule has 1 aromatic heterocycles. The standard InChI is InChI=1S/C20H24N4O5S/c1-2-23(14-7-8-30(28,29)12-14)18(25)11-24-19(26)17(22-20(24)27)9-13-10-21-16-6-4-3-5-15(13)16/h3-6,10,14,17,21H,2,7-9,11-12H2,1H3,(H,22,27)/t14-,17+/m1/s1. The van der Waals surface area contributed by atoms with Crippen molar-refractivity contribution in [3.05, 3.63) is 36.0 Å². The second-order valence-electron chi connectivity index (χ2n) is 7.73. The number of fused-ring (bicyclic) bond motifs is 1.